The molecule has 2 amide bonds. The van der Waals surface area contributed by atoms with E-state index in [9.17, 15) is 9.59 Å². The molecule has 4 rings (SSSR count). The summed E-state index contributed by atoms with van der Waals surface area (Å²) < 4.78 is 7.13. The van der Waals surface area contributed by atoms with E-state index in [-0.39, 0.29) is 24.4 Å². The number of hydrogen-bond acceptors (Lipinski definition) is 4. The van der Waals surface area contributed by atoms with Crippen LogP contribution in [0.3, 0.4) is 0 Å². The number of hydrogen-bond donors (Lipinski definition) is 1. The zero-order valence-corrected chi connectivity index (χ0v) is 21.9. The number of methoxy groups -OCH3 is 1. The van der Waals surface area contributed by atoms with Gasteiger partial charge in [-0.3, -0.25) is 19.5 Å². The molecule has 1 N–H and O–H groups in total. The van der Waals surface area contributed by atoms with Crippen LogP contribution in [0.1, 0.15) is 35.3 Å². The average molecular weight is 497 g/mol. The molecule has 1 heterocycles. The van der Waals surface area contributed by atoms with Gasteiger partial charge in [-0.05, 0) is 69.2 Å². The van der Waals surface area contributed by atoms with Gasteiger partial charge in [-0.1, -0.05) is 42.5 Å². The number of benzene rings is 3. The minimum atomic E-state index is -0.333. The lowest BCUT2D eigenvalue weighted by Crippen LogP contribution is -2.42. The molecule has 0 bridgehead atoms. The van der Waals surface area contributed by atoms with Gasteiger partial charge in [-0.2, -0.15) is 0 Å². The van der Waals surface area contributed by atoms with E-state index >= 15 is 0 Å². The fraction of sp³-hybridized carbons (Fsp3) is 0.233. The first kappa shape index (κ1) is 25.7. The molecule has 0 atom stereocenters. The molecule has 4 aromatic rings. The Morgan fingerprint density at radius 3 is 2.41 bits per heavy atom. The lowest BCUT2D eigenvalue weighted by Gasteiger charge is -2.26. The van der Waals surface area contributed by atoms with Crippen molar-refractivity contribution in [3.8, 4) is 22.7 Å². The van der Waals surface area contributed by atoms with E-state index in [4.69, 9.17) is 9.72 Å². The quantitative estimate of drug-likeness (QED) is 0.342. The third kappa shape index (κ3) is 5.89. The molecule has 0 saturated heterocycles. The Balaban J connectivity index is 1.63. The molecule has 0 radical (unpaired) electrons. The topological polar surface area (TPSA) is 76.5 Å². The molecule has 0 saturated carbocycles. The predicted molar refractivity (Wildman–Crippen MR) is 146 cm³/mol. The molecule has 0 aliphatic rings. The van der Waals surface area contributed by atoms with Crippen molar-refractivity contribution >= 4 is 17.8 Å². The van der Waals surface area contributed by atoms with Crippen molar-refractivity contribution in [2.75, 3.05) is 19.0 Å². The second-order valence-corrected chi connectivity index (χ2v) is 9.26. The zero-order chi connectivity index (χ0) is 26.5. The van der Waals surface area contributed by atoms with Gasteiger partial charge in [0.1, 0.15) is 12.3 Å². The van der Waals surface area contributed by atoms with Gasteiger partial charge in [0.25, 0.3) is 5.91 Å². The minimum absolute atomic E-state index is 0.117. The number of imidazole rings is 1. The van der Waals surface area contributed by atoms with Crippen molar-refractivity contribution in [1.82, 2.24) is 14.5 Å². The van der Waals surface area contributed by atoms with E-state index in [1.54, 1.807) is 31.4 Å². The van der Waals surface area contributed by atoms with Gasteiger partial charge in [-0.15, -0.1) is 0 Å². The number of nitrogens with zero attached hydrogens (tertiary/aromatic N) is 3. The zero-order valence-electron chi connectivity index (χ0n) is 21.9. The lowest BCUT2D eigenvalue weighted by molar-refractivity contribution is -0.117. The van der Waals surface area contributed by atoms with E-state index in [1.165, 1.54) is 10.5 Å². The number of aromatic nitrogens is 2. The molecule has 0 unspecified atom stereocenters. The molecule has 190 valence electrons. The molecule has 1 aromatic heterocycles. The number of carbonyl (C=O) groups is 2. The van der Waals surface area contributed by atoms with Crippen LogP contribution < -0.4 is 10.1 Å². The van der Waals surface area contributed by atoms with E-state index < -0.39 is 0 Å². The fourth-order valence-electron chi connectivity index (χ4n) is 4.02. The predicted octanol–water partition coefficient (Wildman–Crippen LogP) is 5.65. The number of anilines is 1. The third-order valence-corrected chi connectivity index (χ3v) is 6.31. The van der Waals surface area contributed by atoms with Crippen LogP contribution in [-0.4, -0.2) is 46.0 Å². The van der Waals surface area contributed by atoms with Crippen LogP contribution in [0.2, 0.25) is 0 Å². The first-order valence-electron chi connectivity index (χ1n) is 12.2. The Hall–Kier alpha value is -4.39. The summed E-state index contributed by atoms with van der Waals surface area (Å²) in [6, 6.07) is 22.7. The highest BCUT2D eigenvalue weighted by Gasteiger charge is 2.23. The lowest BCUT2D eigenvalue weighted by atomic mass is 10.1. The Kier molecular flexibility index (Phi) is 7.72. The van der Waals surface area contributed by atoms with Gasteiger partial charge >= 0.3 is 0 Å². The Labute approximate surface area is 217 Å². The maximum absolute atomic E-state index is 13.3. The van der Waals surface area contributed by atoms with Crippen LogP contribution in [0.15, 0.2) is 79.0 Å². The van der Waals surface area contributed by atoms with Crippen molar-refractivity contribution in [3.05, 3.63) is 95.7 Å². The summed E-state index contributed by atoms with van der Waals surface area (Å²) in [7, 11) is 1.55. The van der Waals surface area contributed by atoms with Crippen LogP contribution in [0, 0.1) is 13.8 Å². The summed E-state index contributed by atoms with van der Waals surface area (Å²) in [4.78, 5) is 32.8. The fourth-order valence-corrected chi connectivity index (χ4v) is 4.02. The molecule has 7 heteroatoms. The van der Waals surface area contributed by atoms with Crippen LogP contribution in [-0.2, 0) is 4.79 Å². The molecule has 0 aliphatic carbocycles. The van der Waals surface area contributed by atoms with Gasteiger partial charge in [0, 0.05) is 29.1 Å². The molecule has 0 aliphatic heterocycles. The van der Waals surface area contributed by atoms with Crippen molar-refractivity contribution in [3.63, 3.8) is 0 Å². The van der Waals surface area contributed by atoms with Gasteiger partial charge < -0.3 is 9.64 Å². The van der Waals surface area contributed by atoms with Gasteiger partial charge in [0.15, 0.2) is 0 Å². The number of carbonyl (C=O) groups excluding carboxylic acids is 2. The molecule has 0 fully saturated rings. The van der Waals surface area contributed by atoms with Crippen LogP contribution >= 0.6 is 0 Å². The van der Waals surface area contributed by atoms with Crippen LogP contribution in [0.5, 0.6) is 5.75 Å². The maximum Gasteiger partial charge on any atom is 0.254 e. The summed E-state index contributed by atoms with van der Waals surface area (Å²) in [6.07, 6.45) is 1.91. The minimum Gasteiger partial charge on any atom is -0.497 e. The summed E-state index contributed by atoms with van der Waals surface area (Å²) >= 11 is 0. The first-order chi connectivity index (χ1) is 17.8. The van der Waals surface area contributed by atoms with Crippen molar-refractivity contribution in [2.45, 2.75) is 33.7 Å². The third-order valence-electron chi connectivity index (χ3n) is 6.31. The number of amides is 2. The summed E-state index contributed by atoms with van der Waals surface area (Å²) in [6.45, 7) is 7.76. The van der Waals surface area contributed by atoms with Gasteiger partial charge in [0.2, 0.25) is 11.9 Å². The highest BCUT2D eigenvalue weighted by molar-refractivity contribution is 5.99. The summed E-state index contributed by atoms with van der Waals surface area (Å²) in [5.74, 6) is 0.402. The largest absolute Gasteiger partial charge is 0.497 e. The Bertz CT molecular complexity index is 1410. The standard InChI is InChI=1S/C30H32N4O3/c1-20(2)33(29(36)24-12-9-13-26(17-24)37-5)19-28(35)32-30-31-27(23-10-7-6-8-11-23)18-34(30)25-15-14-21(3)22(4)16-25/h6-18,20H,19H2,1-5H3,(H,31,32,35). The molecule has 7 nitrogen and oxygen atoms in total. The monoisotopic (exact) mass is 496 g/mol. The van der Waals surface area contributed by atoms with E-state index in [1.807, 2.05) is 67.1 Å². The van der Waals surface area contributed by atoms with Crippen molar-refractivity contribution in [1.29, 1.82) is 0 Å². The van der Waals surface area contributed by atoms with Crippen molar-refractivity contribution in [2.24, 2.45) is 0 Å². The molecule has 3 aromatic carbocycles. The average Bonchev–Trinajstić information content (AvgIpc) is 3.32. The summed E-state index contributed by atoms with van der Waals surface area (Å²) in [5.41, 5.74) is 5.35. The molecular formula is C30H32N4O3. The van der Waals surface area contributed by atoms with Crippen LogP contribution in [0.4, 0.5) is 5.95 Å². The normalized spacial score (nSPS) is 10.9. The van der Waals surface area contributed by atoms with E-state index in [0.29, 0.717) is 17.3 Å². The van der Waals surface area contributed by atoms with E-state index in [2.05, 4.69) is 25.2 Å². The number of ether oxygens (including phenoxy) is 1. The second kappa shape index (κ2) is 11.1. The van der Waals surface area contributed by atoms with Crippen molar-refractivity contribution < 1.29 is 14.3 Å². The van der Waals surface area contributed by atoms with Crippen LogP contribution in [0.25, 0.3) is 16.9 Å². The molecular weight excluding hydrogens is 464 g/mol. The number of aryl methyl sites for hydroxylation is 2. The highest BCUT2D eigenvalue weighted by Crippen LogP contribution is 2.25. The Morgan fingerprint density at radius 2 is 1.73 bits per heavy atom. The molecule has 0 spiro atoms. The first-order valence-corrected chi connectivity index (χ1v) is 12.2. The van der Waals surface area contributed by atoms with Gasteiger partial charge in [0.05, 0.1) is 12.8 Å². The smallest absolute Gasteiger partial charge is 0.254 e. The maximum atomic E-state index is 13.3. The van der Waals surface area contributed by atoms with Gasteiger partial charge in [-0.25, -0.2) is 4.98 Å². The summed E-state index contributed by atoms with van der Waals surface area (Å²) in [5, 5.41) is 2.94. The SMILES string of the molecule is COc1cccc(C(=O)N(CC(=O)Nc2nc(-c3ccccc3)cn2-c2ccc(C)c(C)c2)C(C)C)c1. The van der Waals surface area contributed by atoms with E-state index in [0.717, 1.165) is 22.5 Å². The second-order valence-electron chi connectivity index (χ2n) is 9.26. The molecule has 37 heavy (non-hydrogen) atoms. The Morgan fingerprint density at radius 1 is 0.973 bits per heavy atom. The number of nitrogens with one attached hydrogen (secondary N) is 1. The highest BCUT2D eigenvalue weighted by atomic mass is 16.5. The number of rotatable bonds is 8.